The highest BCUT2D eigenvalue weighted by molar-refractivity contribution is 6.34. The first-order valence-electron chi connectivity index (χ1n) is 12.4. The van der Waals surface area contributed by atoms with Crippen LogP contribution in [0.5, 0.6) is 0 Å². The third kappa shape index (κ3) is 5.25. The van der Waals surface area contributed by atoms with E-state index >= 15 is 0 Å². The van der Waals surface area contributed by atoms with E-state index in [0.717, 1.165) is 72.4 Å². The summed E-state index contributed by atoms with van der Waals surface area (Å²) >= 11 is 12.4. The quantitative estimate of drug-likeness (QED) is 0.452. The lowest BCUT2D eigenvalue weighted by molar-refractivity contribution is 0.0940. The van der Waals surface area contributed by atoms with Gasteiger partial charge in [0.15, 0.2) is 0 Å². The molecule has 1 aromatic carbocycles. The van der Waals surface area contributed by atoms with Crippen molar-refractivity contribution in [1.29, 1.82) is 0 Å². The van der Waals surface area contributed by atoms with Crippen LogP contribution in [0.2, 0.25) is 10.0 Å². The van der Waals surface area contributed by atoms with E-state index in [1.807, 2.05) is 26.0 Å². The Bertz CT molecular complexity index is 1260. The molecule has 35 heavy (non-hydrogen) atoms. The van der Waals surface area contributed by atoms with Gasteiger partial charge in [-0.3, -0.25) is 14.8 Å². The van der Waals surface area contributed by atoms with Gasteiger partial charge >= 0.3 is 0 Å². The van der Waals surface area contributed by atoms with Crippen LogP contribution in [0.15, 0.2) is 30.5 Å². The van der Waals surface area contributed by atoms with Gasteiger partial charge in [0.1, 0.15) is 0 Å². The minimum Gasteiger partial charge on any atom is -0.369 e. The summed E-state index contributed by atoms with van der Waals surface area (Å²) in [4.78, 5) is 25.7. The summed E-state index contributed by atoms with van der Waals surface area (Å²) in [6.45, 7) is 8.72. The Hall–Kier alpha value is -2.41. The number of fused-ring (bicyclic) bond motifs is 1. The summed E-state index contributed by atoms with van der Waals surface area (Å²) in [5.74, 6) is 0.307. The van der Waals surface area contributed by atoms with E-state index in [0.29, 0.717) is 27.6 Å². The monoisotopic (exact) mass is 511 g/mol. The highest BCUT2D eigenvalue weighted by Crippen LogP contribution is 2.43. The first-order chi connectivity index (χ1) is 16.8. The molecule has 8 heteroatoms. The van der Waals surface area contributed by atoms with Crippen molar-refractivity contribution in [3.63, 3.8) is 0 Å². The second-order valence-electron chi connectivity index (χ2n) is 9.87. The molecular formula is C27H31Cl2N5O. The number of carbonyl (C=O) groups excluding carboxylic acids is 1. The average Bonchev–Trinajstić information content (AvgIpc) is 3.65. The van der Waals surface area contributed by atoms with Gasteiger partial charge in [-0.2, -0.15) is 0 Å². The van der Waals surface area contributed by atoms with E-state index in [1.165, 1.54) is 0 Å². The minimum absolute atomic E-state index is 0.161. The summed E-state index contributed by atoms with van der Waals surface area (Å²) in [5, 5.41) is 8.81. The van der Waals surface area contributed by atoms with Gasteiger partial charge in [-0.05, 0) is 69.9 Å². The highest BCUT2D eigenvalue weighted by atomic mass is 35.5. The van der Waals surface area contributed by atoms with Crippen molar-refractivity contribution in [2.24, 2.45) is 0 Å². The van der Waals surface area contributed by atoms with Gasteiger partial charge in [0.05, 0.1) is 28.5 Å². The maximum Gasteiger partial charge on any atom is 0.255 e. The van der Waals surface area contributed by atoms with E-state index in [9.17, 15) is 4.79 Å². The summed E-state index contributed by atoms with van der Waals surface area (Å²) in [7, 11) is 0. The number of anilines is 1. The molecule has 6 nitrogen and oxygen atoms in total. The number of hydrogen-bond acceptors (Lipinski definition) is 5. The molecule has 2 atom stereocenters. The zero-order chi connectivity index (χ0) is 24.7. The minimum atomic E-state index is -0.269. The summed E-state index contributed by atoms with van der Waals surface area (Å²) < 4.78 is 0. The van der Waals surface area contributed by atoms with Gasteiger partial charge in [-0.1, -0.05) is 23.2 Å². The van der Waals surface area contributed by atoms with Crippen molar-refractivity contribution in [3.05, 3.63) is 63.0 Å². The van der Waals surface area contributed by atoms with Gasteiger partial charge in [0.2, 0.25) is 0 Å². The normalized spacial score (nSPS) is 19.5. The van der Waals surface area contributed by atoms with Crippen LogP contribution < -0.4 is 15.5 Å². The van der Waals surface area contributed by atoms with Gasteiger partial charge in [-0.15, -0.1) is 0 Å². The van der Waals surface area contributed by atoms with Crippen LogP contribution in [0.4, 0.5) is 5.69 Å². The Labute approximate surface area is 216 Å². The first kappa shape index (κ1) is 24.3. The van der Waals surface area contributed by atoms with Gasteiger partial charge < -0.3 is 15.5 Å². The predicted molar refractivity (Wildman–Crippen MR) is 143 cm³/mol. The van der Waals surface area contributed by atoms with Crippen LogP contribution in [0.1, 0.15) is 72.4 Å². The number of pyridine rings is 2. The van der Waals surface area contributed by atoms with Crippen molar-refractivity contribution in [2.45, 2.75) is 58.0 Å². The van der Waals surface area contributed by atoms with Crippen molar-refractivity contribution in [3.8, 4) is 0 Å². The molecule has 2 N–H and O–H groups in total. The SMILES string of the molecule is Cc1cc2c(N3CCN[C@@H](C)CC3)c(C(=O)N[C@@H](C)c3cc(Cl)cc(Cl)c3)cnc2c(C2CC2)n1. The fourth-order valence-electron chi connectivity index (χ4n) is 4.91. The number of carbonyl (C=O) groups is 1. The Morgan fingerprint density at radius 1 is 1.14 bits per heavy atom. The Balaban J connectivity index is 1.57. The zero-order valence-electron chi connectivity index (χ0n) is 20.4. The van der Waals surface area contributed by atoms with E-state index in [2.05, 4.69) is 28.5 Å². The van der Waals surface area contributed by atoms with Crippen molar-refractivity contribution >= 4 is 45.7 Å². The Kier molecular flexibility index (Phi) is 6.88. The number of rotatable bonds is 5. The Morgan fingerprint density at radius 2 is 1.89 bits per heavy atom. The molecule has 0 radical (unpaired) electrons. The van der Waals surface area contributed by atoms with Crippen molar-refractivity contribution < 1.29 is 4.79 Å². The van der Waals surface area contributed by atoms with Gasteiger partial charge in [-0.25, -0.2) is 0 Å². The standard InChI is InChI=1S/C27H31Cl2N5O/c1-15-6-8-34(9-7-30-15)26-22-10-16(2)32-24(18-4-5-18)25(22)31-14-23(26)27(35)33-17(3)19-11-20(28)13-21(29)12-19/h10-15,17-18,30H,4-9H2,1-3H3,(H,33,35)/t15-,17-/m0/s1. The van der Waals surface area contributed by atoms with Crippen molar-refractivity contribution in [2.75, 3.05) is 24.5 Å². The molecule has 1 aliphatic heterocycles. The molecule has 0 spiro atoms. The predicted octanol–water partition coefficient (Wildman–Crippen LogP) is 5.80. The van der Waals surface area contributed by atoms with Gasteiger partial charge in [0, 0.05) is 58.9 Å². The molecule has 1 saturated heterocycles. The smallest absolute Gasteiger partial charge is 0.255 e. The maximum atomic E-state index is 13.7. The fourth-order valence-corrected chi connectivity index (χ4v) is 5.45. The molecule has 1 amide bonds. The number of aryl methyl sites for hydroxylation is 1. The average molecular weight is 512 g/mol. The number of benzene rings is 1. The molecule has 2 aliphatic rings. The van der Waals surface area contributed by atoms with E-state index in [1.54, 1.807) is 12.3 Å². The van der Waals surface area contributed by atoms with Crippen LogP contribution in [0.3, 0.4) is 0 Å². The lowest BCUT2D eigenvalue weighted by Crippen LogP contribution is -2.33. The maximum absolute atomic E-state index is 13.7. The summed E-state index contributed by atoms with van der Waals surface area (Å²) in [6.07, 6.45) is 5.03. The number of amides is 1. The third-order valence-electron chi connectivity index (χ3n) is 6.94. The molecule has 1 saturated carbocycles. The molecule has 0 bridgehead atoms. The number of nitrogens with one attached hydrogen (secondary N) is 2. The number of halogens is 2. The van der Waals surface area contributed by atoms with Crippen LogP contribution in [-0.2, 0) is 0 Å². The summed E-state index contributed by atoms with van der Waals surface area (Å²) in [6, 6.07) is 7.60. The largest absolute Gasteiger partial charge is 0.369 e. The molecule has 0 unspecified atom stereocenters. The molecule has 3 heterocycles. The molecule has 3 aromatic rings. The van der Waals surface area contributed by atoms with Crippen molar-refractivity contribution in [1.82, 2.24) is 20.6 Å². The molecule has 2 fully saturated rings. The lowest BCUT2D eigenvalue weighted by atomic mass is 10.0. The second kappa shape index (κ2) is 9.92. The fraction of sp³-hybridized carbons (Fsp3) is 0.444. The molecule has 1 aliphatic carbocycles. The van der Waals surface area contributed by atoms with Crippen LogP contribution >= 0.6 is 23.2 Å². The number of nitrogens with zero attached hydrogens (tertiary/aromatic N) is 3. The highest BCUT2D eigenvalue weighted by Gasteiger charge is 2.30. The second-order valence-corrected chi connectivity index (χ2v) is 10.7. The Morgan fingerprint density at radius 3 is 2.60 bits per heavy atom. The topological polar surface area (TPSA) is 70.2 Å². The lowest BCUT2D eigenvalue weighted by Gasteiger charge is -2.27. The molecule has 5 rings (SSSR count). The zero-order valence-corrected chi connectivity index (χ0v) is 21.9. The first-order valence-corrected chi connectivity index (χ1v) is 13.1. The molecule has 184 valence electrons. The number of aromatic nitrogens is 2. The van der Waals surface area contributed by atoms with Crippen LogP contribution in [0.25, 0.3) is 10.9 Å². The summed E-state index contributed by atoms with van der Waals surface area (Å²) in [5.41, 5.74) is 5.34. The van der Waals surface area contributed by atoms with E-state index < -0.39 is 0 Å². The number of hydrogen-bond donors (Lipinski definition) is 2. The van der Waals surface area contributed by atoms with Crippen LogP contribution in [0, 0.1) is 6.92 Å². The van der Waals surface area contributed by atoms with Gasteiger partial charge in [0.25, 0.3) is 5.91 Å². The molecule has 2 aromatic heterocycles. The third-order valence-corrected chi connectivity index (χ3v) is 7.38. The van der Waals surface area contributed by atoms with E-state index in [-0.39, 0.29) is 11.9 Å². The van der Waals surface area contributed by atoms with Crippen LogP contribution in [-0.4, -0.2) is 41.6 Å². The molecular weight excluding hydrogens is 481 g/mol. The van der Waals surface area contributed by atoms with E-state index in [4.69, 9.17) is 33.2 Å².